The monoisotopic (exact) mass is 394 g/mol. The molecular weight excluding hydrogens is 380 g/mol. The lowest BCUT2D eigenvalue weighted by Crippen LogP contribution is -2.39. The minimum atomic E-state index is -0.250. The Hall–Kier alpha value is -1.85. The van der Waals surface area contributed by atoms with Crippen LogP contribution in [0.15, 0.2) is 53.0 Å². The van der Waals surface area contributed by atoms with Gasteiger partial charge in [0.1, 0.15) is 6.54 Å². The van der Waals surface area contributed by atoms with Crippen LogP contribution in [-0.2, 0) is 16.1 Å². The van der Waals surface area contributed by atoms with Crippen LogP contribution in [0.4, 0.5) is 5.69 Å². The van der Waals surface area contributed by atoms with Gasteiger partial charge in [-0.2, -0.15) is 0 Å². The van der Waals surface area contributed by atoms with Crippen LogP contribution >= 0.6 is 27.5 Å². The van der Waals surface area contributed by atoms with E-state index in [0.29, 0.717) is 17.3 Å². The normalized spacial score (nSPS) is 10.2. The summed E-state index contributed by atoms with van der Waals surface area (Å²) in [5.74, 6) is -0.448. The molecule has 0 atom stereocenters. The lowest BCUT2D eigenvalue weighted by atomic mass is 10.2. The lowest BCUT2D eigenvalue weighted by Gasteiger charge is -2.21. The van der Waals surface area contributed by atoms with E-state index in [1.807, 2.05) is 30.3 Å². The second kappa shape index (κ2) is 8.13. The molecule has 0 aromatic heterocycles. The maximum Gasteiger partial charge on any atom is 0.240 e. The summed E-state index contributed by atoms with van der Waals surface area (Å²) in [4.78, 5) is 25.4. The molecule has 0 fully saturated rings. The molecule has 23 heavy (non-hydrogen) atoms. The molecular formula is C17H16BrClN2O2. The zero-order valence-electron chi connectivity index (χ0n) is 12.6. The van der Waals surface area contributed by atoms with Crippen molar-refractivity contribution in [2.45, 2.75) is 13.5 Å². The summed E-state index contributed by atoms with van der Waals surface area (Å²) in [6.07, 6.45) is 0. The van der Waals surface area contributed by atoms with Gasteiger partial charge in [0.25, 0.3) is 0 Å². The van der Waals surface area contributed by atoms with Crippen LogP contribution in [0, 0.1) is 0 Å². The molecule has 2 rings (SSSR count). The highest BCUT2D eigenvalue weighted by atomic mass is 79.9. The van der Waals surface area contributed by atoms with Crippen molar-refractivity contribution < 1.29 is 9.59 Å². The first kappa shape index (κ1) is 17.5. The fourth-order valence-corrected chi connectivity index (χ4v) is 2.65. The third-order valence-electron chi connectivity index (χ3n) is 3.24. The van der Waals surface area contributed by atoms with Gasteiger partial charge < -0.3 is 10.2 Å². The van der Waals surface area contributed by atoms with E-state index in [4.69, 9.17) is 11.6 Å². The Morgan fingerprint density at radius 2 is 1.91 bits per heavy atom. The average Bonchev–Trinajstić information content (AvgIpc) is 2.51. The lowest BCUT2D eigenvalue weighted by molar-refractivity contribution is -0.123. The number of nitrogens with one attached hydrogen (secondary N) is 1. The van der Waals surface area contributed by atoms with Gasteiger partial charge in [-0.05, 0) is 29.8 Å². The van der Waals surface area contributed by atoms with Gasteiger partial charge >= 0.3 is 0 Å². The molecule has 2 aromatic rings. The second-order valence-electron chi connectivity index (χ2n) is 4.95. The number of anilines is 1. The van der Waals surface area contributed by atoms with Crippen molar-refractivity contribution in [1.82, 2.24) is 5.32 Å². The third kappa shape index (κ3) is 5.08. The fraction of sp³-hybridized carbons (Fsp3) is 0.176. The van der Waals surface area contributed by atoms with Crippen molar-refractivity contribution in [3.05, 3.63) is 63.6 Å². The van der Waals surface area contributed by atoms with Gasteiger partial charge in [0.2, 0.25) is 11.8 Å². The van der Waals surface area contributed by atoms with E-state index in [1.165, 1.54) is 11.8 Å². The summed E-state index contributed by atoms with van der Waals surface area (Å²) in [6, 6.07) is 14.6. The van der Waals surface area contributed by atoms with Crippen molar-refractivity contribution in [3.8, 4) is 0 Å². The Morgan fingerprint density at radius 3 is 2.57 bits per heavy atom. The third-order valence-corrected chi connectivity index (χ3v) is 4.10. The number of amides is 2. The molecule has 6 heteroatoms. The average molecular weight is 396 g/mol. The zero-order chi connectivity index (χ0) is 16.8. The summed E-state index contributed by atoms with van der Waals surface area (Å²) in [5, 5.41) is 3.38. The number of halogens is 2. The standard InChI is InChI=1S/C17H16BrClN2O2/c1-12(22)21(15-7-4-6-14(18)9-15)11-17(23)20-10-13-5-2-3-8-16(13)19/h2-9H,10-11H2,1H3,(H,20,23). The first-order valence-corrected chi connectivity index (χ1v) is 8.18. The number of carbonyl (C=O) groups is 2. The highest BCUT2D eigenvalue weighted by Crippen LogP contribution is 2.20. The molecule has 0 aliphatic carbocycles. The Kier molecular flexibility index (Phi) is 6.19. The Bertz CT molecular complexity index is 721. The van der Waals surface area contributed by atoms with Crippen molar-refractivity contribution in [3.63, 3.8) is 0 Å². The topological polar surface area (TPSA) is 49.4 Å². The summed E-state index contributed by atoms with van der Waals surface area (Å²) < 4.78 is 0.845. The largest absolute Gasteiger partial charge is 0.350 e. The number of hydrogen-bond acceptors (Lipinski definition) is 2. The van der Waals surface area contributed by atoms with Gasteiger partial charge in [-0.3, -0.25) is 9.59 Å². The molecule has 0 aliphatic heterocycles. The minimum absolute atomic E-state index is 0.0454. The number of nitrogens with zero attached hydrogens (tertiary/aromatic N) is 1. The highest BCUT2D eigenvalue weighted by molar-refractivity contribution is 9.10. The molecule has 4 nitrogen and oxygen atoms in total. The molecule has 120 valence electrons. The van der Waals surface area contributed by atoms with Gasteiger partial charge in [0, 0.05) is 28.7 Å². The maximum atomic E-state index is 12.1. The van der Waals surface area contributed by atoms with Crippen molar-refractivity contribution >= 4 is 45.0 Å². The maximum absolute atomic E-state index is 12.1. The van der Waals surface area contributed by atoms with Gasteiger partial charge in [0.15, 0.2) is 0 Å². The van der Waals surface area contributed by atoms with Crippen LogP contribution in [0.3, 0.4) is 0 Å². The highest BCUT2D eigenvalue weighted by Gasteiger charge is 2.16. The van der Waals surface area contributed by atoms with Crippen LogP contribution in [0.5, 0.6) is 0 Å². The van der Waals surface area contributed by atoms with E-state index in [-0.39, 0.29) is 18.4 Å². The molecule has 0 aliphatic rings. The summed E-state index contributed by atoms with van der Waals surface area (Å²) >= 11 is 9.42. The molecule has 0 radical (unpaired) electrons. The molecule has 0 heterocycles. The molecule has 1 N–H and O–H groups in total. The minimum Gasteiger partial charge on any atom is -0.350 e. The Balaban J connectivity index is 2.01. The first-order chi connectivity index (χ1) is 11.0. The van der Waals surface area contributed by atoms with Crippen LogP contribution < -0.4 is 10.2 Å². The van der Waals surface area contributed by atoms with Crippen molar-refractivity contribution in [2.75, 3.05) is 11.4 Å². The summed E-state index contributed by atoms with van der Waals surface area (Å²) in [6.45, 7) is 1.71. The molecule has 0 spiro atoms. The zero-order valence-corrected chi connectivity index (χ0v) is 14.9. The Labute approximate surface area is 148 Å². The van der Waals surface area contributed by atoms with Crippen LogP contribution in [0.1, 0.15) is 12.5 Å². The molecule has 0 unspecified atom stereocenters. The van der Waals surface area contributed by atoms with E-state index >= 15 is 0 Å². The van der Waals surface area contributed by atoms with E-state index in [2.05, 4.69) is 21.2 Å². The molecule has 0 saturated heterocycles. The summed E-state index contributed by atoms with van der Waals surface area (Å²) in [5.41, 5.74) is 1.50. The van der Waals surface area contributed by atoms with Crippen molar-refractivity contribution in [2.24, 2.45) is 0 Å². The first-order valence-electron chi connectivity index (χ1n) is 7.01. The van der Waals surface area contributed by atoms with Gasteiger partial charge in [-0.1, -0.05) is 51.8 Å². The molecule has 0 saturated carbocycles. The van der Waals surface area contributed by atoms with E-state index in [9.17, 15) is 9.59 Å². The van der Waals surface area contributed by atoms with E-state index in [1.54, 1.807) is 18.2 Å². The number of benzene rings is 2. The van der Waals surface area contributed by atoms with E-state index < -0.39 is 0 Å². The van der Waals surface area contributed by atoms with Crippen molar-refractivity contribution in [1.29, 1.82) is 0 Å². The number of rotatable bonds is 5. The SMILES string of the molecule is CC(=O)N(CC(=O)NCc1ccccc1Cl)c1cccc(Br)c1. The predicted molar refractivity (Wildman–Crippen MR) is 95.5 cm³/mol. The molecule has 2 aromatic carbocycles. The number of hydrogen-bond donors (Lipinski definition) is 1. The summed E-state index contributed by atoms with van der Waals surface area (Å²) in [7, 11) is 0. The van der Waals surface area contributed by atoms with Gasteiger partial charge in [0.05, 0.1) is 0 Å². The van der Waals surface area contributed by atoms with Crippen LogP contribution in [-0.4, -0.2) is 18.4 Å². The number of carbonyl (C=O) groups excluding carboxylic acids is 2. The van der Waals surface area contributed by atoms with Gasteiger partial charge in [-0.15, -0.1) is 0 Å². The smallest absolute Gasteiger partial charge is 0.240 e. The predicted octanol–water partition coefficient (Wildman–Crippen LogP) is 3.77. The second-order valence-corrected chi connectivity index (χ2v) is 6.28. The van der Waals surface area contributed by atoms with Crippen LogP contribution in [0.25, 0.3) is 0 Å². The molecule has 0 bridgehead atoms. The fourth-order valence-electron chi connectivity index (χ4n) is 2.06. The van der Waals surface area contributed by atoms with Crippen LogP contribution in [0.2, 0.25) is 5.02 Å². The molecule has 2 amide bonds. The quantitative estimate of drug-likeness (QED) is 0.838. The van der Waals surface area contributed by atoms with Gasteiger partial charge in [-0.25, -0.2) is 0 Å². The Morgan fingerprint density at radius 1 is 1.17 bits per heavy atom. The van der Waals surface area contributed by atoms with E-state index in [0.717, 1.165) is 10.0 Å².